The minimum Gasteiger partial charge on any atom is -0.350 e. The van der Waals surface area contributed by atoms with Crippen LogP contribution < -0.4 is 9.62 Å². The molecule has 0 aliphatic rings. The topological polar surface area (TPSA) is 66.5 Å². The minimum atomic E-state index is -3.47. The molecular weight excluding hydrogens is 408 g/mol. The number of carbonyl (C=O) groups is 1. The van der Waals surface area contributed by atoms with Crippen molar-refractivity contribution in [3.05, 3.63) is 102 Å². The summed E-state index contributed by atoms with van der Waals surface area (Å²) in [4.78, 5) is 12.6. The van der Waals surface area contributed by atoms with E-state index < -0.39 is 10.0 Å². The lowest BCUT2D eigenvalue weighted by atomic mass is 10.1. The fourth-order valence-electron chi connectivity index (χ4n) is 3.34. The van der Waals surface area contributed by atoms with Crippen LogP contribution in [-0.4, -0.2) is 26.6 Å². The summed E-state index contributed by atoms with van der Waals surface area (Å²) < 4.78 is 26.0. The number of amides is 1. The fraction of sp³-hybridized carbons (Fsp3) is 0.240. The van der Waals surface area contributed by atoms with Crippen molar-refractivity contribution >= 4 is 21.6 Å². The number of nitrogens with zero attached hydrogens (tertiary/aromatic N) is 1. The Balaban J connectivity index is 1.64. The molecule has 3 rings (SSSR count). The molecule has 3 aromatic rings. The maximum absolute atomic E-state index is 12.6. The molecule has 0 saturated heterocycles. The Labute approximate surface area is 184 Å². The molecular formula is C25H28N2O3S. The molecule has 6 heteroatoms. The maximum Gasteiger partial charge on any atom is 0.251 e. The normalized spacial score (nSPS) is 12.2. The third-order valence-corrected chi connectivity index (χ3v) is 6.21. The highest BCUT2D eigenvalue weighted by atomic mass is 32.2. The predicted octanol–water partition coefficient (Wildman–Crippen LogP) is 4.40. The molecule has 0 saturated carbocycles. The van der Waals surface area contributed by atoms with E-state index in [4.69, 9.17) is 0 Å². The SMILES string of the molecule is C[C@@H](CCc1ccccc1)NC(=O)c1ccc(N(Cc2ccccc2)S(C)(=O)=O)cc1. The van der Waals surface area contributed by atoms with Crippen molar-refractivity contribution in [2.75, 3.05) is 10.6 Å². The smallest absolute Gasteiger partial charge is 0.251 e. The zero-order chi connectivity index (χ0) is 22.3. The van der Waals surface area contributed by atoms with Gasteiger partial charge in [-0.2, -0.15) is 0 Å². The largest absolute Gasteiger partial charge is 0.350 e. The first kappa shape index (κ1) is 22.6. The number of hydrogen-bond acceptors (Lipinski definition) is 3. The molecule has 162 valence electrons. The number of anilines is 1. The zero-order valence-corrected chi connectivity index (χ0v) is 18.7. The predicted molar refractivity (Wildman–Crippen MR) is 126 cm³/mol. The molecule has 5 nitrogen and oxygen atoms in total. The summed E-state index contributed by atoms with van der Waals surface area (Å²) in [7, 11) is -3.47. The molecule has 1 atom stereocenters. The second-order valence-corrected chi connectivity index (χ2v) is 9.61. The third-order valence-electron chi connectivity index (χ3n) is 5.07. The van der Waals surface area contributed by atoms with Crippen LogP contribution in [0.1, 0.15) is 34.8 Å². The number of rotatable bonds is 9. The van der Waals surface area contributed by atoms with Gasteiger partial charge in [-0.1, -0.05) is 60.7 Å². The van der Waals surface area contributed by atoms with Crippen molar-refractivity contribution in [1.82, 2.24) is 5.32 Å². The van der Waals surface area contributed by atoms with Crippen molar-refractivity contribution in [2.24, 2.45) is 0 Å². The van der Waals surface area contributed by atoms with E-state index in [2.05, 4.69) is 17.4 Å². The van der Waals surface area contributed by atoms with Crippen LogP contribution in [0.15, 0.2) is 84.9 Å². The summed E-state index contributed by atoms with van der Waals surface area (Å²) >= 11 is 0. The summed E-state index contributed by atoms with van der Waals surface area (Å²) in [5.41, 5.74) is 3.16. The number of sulfonamides is 1. The van der Waals surface area contributed by atoms with Gasteiger partial charge in [0.05, 0.1) is 18.5 Å². The Bertz CT molecular complexity index is 1080. The van der Waals surface area contributed by atoms with Gasteiger partial charge in [-0.3, -0.25) is 9.10 Å². The highest BCUT2D eigenvalue weighted by Gasteiger charge is 2.18. The number of carbonyl (C=O) groups excluding carboxylic acids is 1. The second-order valence-electron chi connectivity index (χ2n) is 7.70. The van der Waals surface area contributed by atoms with Gasteiger partial charge in [-0.25, -0.2) is 8.42 Å². The number of aryl methyl sites for hydroxylation is 1. The van der Waals surface area contributed by atoms with E-state index in [9.17, 15) is 13.2 Å². The molecule has 0 radical (unpaired) electrons. The van der Waals surface area contributed by atoms with Crippen molar-refractivity contribution < 1.29 is 13.2 Å². The first-order valence-electron chi connectivity index (χ1n) is 10.3. The summed E-state index contributed by atoms with van der Waals surface area (Å²) in [6.45, 7) is 2.22. The highest BCUT2D eigenvalue weighted by Crippen LogP contribution is 2.21. The molecule has 31 heavy (non-hydrogen) atoms. The molecule has 3 aromatic carbocycles. The summed E-state index contributed by atoms with van der Waals surface area (Å²) in [5.74, 6) is -0.166. The summed E-state index contributed by atoms with van der Waals surface area (Å²) in [5, 5.41) is 3.01. The van der Waals surface area contributed by atoms with E-state index in [0.717, 1.165) is 18.4 Å². The van der Waals surface area contributed by atoms with Gasteiger partial charge in [0.25, 0.3) is 5.91 Å². The van der Waals surface area contributed by atoms with Gasteiger partial charge < -0.3 is 5.32 Å². The Morgan fingerprint density at radius 1 is 0.871 bits per heavy atom. The van der Waals surface area contributed by atoms with Gasteiger partial charge in [-0.15, -0.1) is 0 Å². The standard InChI is InChI=1S/C25H28N2O3S/c1-20(13-14-21-9-5-3-6-10-21)26-25(28)23-15-17-24(18-16-23)27(31(2,29)30)19-22-11-7-4-8-12-22/h3-12,15-18,20H,13-14,19H2,1-2H3,(H,26,28)/t20-/m0/s1. The van der Waals surface area contributed by atoms with Crippen LogP contribution in [0.5, 0.6) is 0 Å². The molecule has 0 heterocycles. The molecule has 0 aliphatic heterocycles. The molecule has 1 N–H and O–H groups in total. The van der Waals surface area contributed by atoms with Crippen LogP contribution in [-0.2, 0) is 23.0 Å². The van der Waals surface area contributed by atoms with E-state index in [1.807, 2.05) is 55.5 Å². The molecule has 0 spiro atoms. The zero-order valence-electron chi connectivity index (χ0n) is 17.9. The van der Waals surface area contributed by atoms with E-state index in [0.29, 0.717) is 11.3 Å². The Kier molecular flexibility index (Phi) is 7.47. The van der Waals surface area contributed by atoms with Crippen molar-refractivity contribution in [1.29, 1.82) is 0 Å². The van der Waals surface area contributed by atoms with Crippen LogP contribution >= 0.6 is 0 Å². The van der Waals surface area contributed by atoms with Gasteiger partial charge in [-0.05, 0) is 55.2 Å². The van der Waals surface area contributed by atoms with Crippen LogP contribution in [0, 0.1) is 0 Å². The van der Waals surface area contributed by atoms with E-state index in [-0.39, 0.29) is 18.5 Å². The minimum absolute atomic E-state index is 0.0259. The van der Waals surface area contributed by atoms with E-state index >= 15 is 0 Å². The average Bonchev–Trinajstić information content (AvgIpc) is 2.77. The molecule has 0 aliphatic carbocycles. The summed E-state index contributed by atoms with van der Waals surface area (Å²) in [6.07, 6.45) is 2.92. The van der Waals surface area contributed by atoms with Crippen LogP contribution in [0.4, 0.5) is 5.69 Å². The van der Waals surface area contributed by atoms with Crippen molar-refractivity contribution in [3.8, 4) is 0 Å². The van der Waals surface area contributed by atoms with E-state index in [1.165, 1.54) is 16.1 Å². The molecule has 0 bridgehead atoms. The monoisotopic (exact) mass is 436 g/mol. The van der Waals surface area contributed by atoms with Crippen LogP contribution in [0.3, 0.4) is 0 Å². The average molecular weight is 437 g/mol. The van der Waals surface area contributed by atoms with Gasteiger partial charge in [0.1, 0.15) is 0 Å². The van der Waals surface area contributed by atoms with Gasteiger partial charge in [0.15, 0.2) is 0 Å². The van der Waals surface area contributed by atoms with Crippen molar-refractivity contribution in [3.63, 3.8) is 0 Å². The van der Waals surface area contributed by atoms with Gasteiger partial charge >= 0.3 is 0 Å². The number of nitrogens with one attached hydrogen (secondary N) is 1. The fourth-order valence-corrected chi connectivity index (χ4v) is 4.22. The molecule has 0 unspecified atom stereocenters. The number of benzene rings is 3. The lowest BCUT2D eigenvalue weighted by Crippen LogP contribution is -2.33. The Morgan fingerprint density at radius 3 is 1.97 bits per heavy atom. The second kappa shape index (κ2) is 10.3. The van der Waals surface area contributed by atoms with Crippen LogP contribution in [0.2, 0.25) is 0 Å². The first-order valence-corrected chi connectivity index (χ1v) is 12.1. The number of hydrogen-bond donors (Lipinski definition) is 1. The first-order chi connectivity index (χ1) is 14.8. The Hall–Kier alpha value is -3.12. The Morgan fingerprint density at radius 2 is 1.42 bits per heavy atom. The van der Waals surface area contributed by atoms with Gasteiger partial charge in [0, 0.05) is 11.6 Å². The molecule has 0 aromatic heterocycles. The van der Waals surface area contributed by atoms with E-state index in [1.54, 1.807) is 24.3 Å². The third kappa shape index (κ3) is 6.69. The van der Waals surface area contributed by atoms with Gasteiger partial charge in [0.2, 0.25) is 10.0 Å². The molecule has 1 amide bonds. The lowest BCUT2D eigenvalue weighted by Gasteiger charge is -2.23. The highest BCUT2D eigenvalue weighted by molar-refractivity contribution is 7.92. The lowest BCUT2D eigenvalue weighted by molar-refractivity contribution is 0.0938. The van der Waals surface area contributed by atoms with Crippen molar-refractivity contribution in [2.45, 2.75) is 32.4 Å². The summed E-state index contributed by atoms with van der Waals surface area (Å²) in [6, 6.07) is 26.3. The quantitative estimate of drug-likeness (QED) is 0.541. The van der Waals surface area contributed by atoms with Crippen LogP contribution in [0.25, 0.3) is 0 Å². The molecule has 0 fully saturated rings. The maximum atomic E-state index is 12.6.